The van der Waals surface area contributed by atoms with Crippen LogP contribution in [0.1, 0.15) is 52.4 Å². The smallest absolute Gasteiger partial charge is 0.0710 e. The van der Waals surface area contributed by atoms with Crippen molar-refractivity contribution in [3.63, 3.8) is 0 Å². The lowest BCUT2D eigenvalue weighted by molar-refractivity contribution is -0.0577. The van der Waals surface area contributed by atoms with Crippen LogP contribution in [0.25, 0.3) is 0 Å². The minimum atomic E-state index is 0.297. The summed E-state index contributed by atoms with van der Waals surface area (Å²) in [6.07, 6.45) is 8.48. The molecule has 3 nitrogen and oxygen atoms in total. The molecule has 0 aromatic carbocycles. The summed E-state index contributed by atoms with van der Waals surface area (Å²) in [6.45, 7) is 8.07. The number of nitrogens with one attached hydrogen (secondary N) is 1. The van der Waals surface area contributed by atoms with Gasteiger partial charge in [-0.3, -0.25) is 4.90 Å². The molecule has 1 N–H and O–H groups in total. The van der Waals surface area contributed by atoms with E-state index < -0.39 is 0 Å². The van der Waals surface area contributed by atoms with Gasteiger partial charge in [0, 0.05) is 31.7 Å². The predicted octanol–water partition coefficient (Wildman–Crippen LogP) is 2.16. The Balaban J connectivity index is 1.56. The first kappa shape index (κ1) is 12.9. The molecule has 0 aromatic heterocycles. The third-order valence-electron chi connectivity index (χ3n) is 5.28. The maximum Gasteiger partial charge on any atom is 0.0710 e. The van der Waals surface area contributed by atoms with Crippen molar-refractivity contribution in [2.45, 2.75) is 76.2 Å². The molecule has 1 saturated carbocycles. The summed E-state index contributed by atoms with van der Waals surface area (Å²) in [5.74, 6) is 0. The standard InChI is InChI=1S/C15H28N2O/c1-12-9-16-10-13(2)17(12)11-14-5-8-15(18-14)6-3-4-7-15/h12-14,16H,3-11H2,1-2H3. The highest BCUT2D eigenvalue weighted by molar-refractivity contribution is 4.94. The molecule has 0 bridgehead atoms. The van der Waals surface area contributed by atoms with Gasteiger partial charge in [0.2, 0.25) is 0 Å². The van der Waals surface area contributed by atoms with E-state index in [0.29, 0.717) is 23.8 Å². The number of nitrogens with zero attached hydrogens (tertiary/aromatic N) is 1. The van der Waals surface area contributed by atoms with Crippen LogP contribution < -0.4 is 5.32 Å². The molecule has 18 heavy (non-hydrogen) atoms. The summed E-state index contributed by atoms with van der Waals surface area (Å²) in [5.41, 5.74) is 0.297. The largest absolute Gasteiger partial charge is 0.370 e. The van der Waals surface area contributed by atoms with Crippen molar-refractivity contribution in [2.24, 2.45) is 0 Å². The molecule has 3 heteroatoms. The first-order valence-electron chi connectivity index (χ1n) is 7.83. The number of hydrogen-bond acceptors (Lipinski definition) is 3. The molecule has 0 radical (unpaired) electrons. The fourth-order valence-corrected chi connectivity index (χ4v) is 4.18. The summed E-state index contributed by atoms with van der Waals surface area (Å²) in [6, 6.07) is 1.30. The molecule has 2 aliphatic heterocycles. The molecule has 1 aliphatic carbocycles. The molecule has 3 aliphatic rings. The SMILES string of the molecule is CC1CNCC(C)N1CC1CCC2(CCCC2)O1. The van der Waals surface area contributed by atoms with Gasteiger partial charge >= 0.3 is 0 Å². The highest BCUT2D eigenvalue weighted by atomic mass is 16.5. The third kappa shape index (κ3) is 2.45. The average molecular weight is 252 g/mol. The molecule has 3 unspecified atom stereocenters. The van der Waals surface area contributed by atoms with E-state index >= 15 is 0 Å². The van der Waals surface area contributed by atoms with E-state index in [1.165, 1.54) is 38.5 Å². The van der Waals surface area contributed by atoms with Crippen LogP contribution in [-0.4, -0.2) is 48.3 Å². The van der Waals surface area contributed by atoms with Gasteiger partial charge in [0.15, 0.2) is 0 Å². The second-order valence-corrected chi connectivity index (χ2v) is 6.72. The number of rotatable bonds is 2. The van der Waals surface area contributed by atoms with E-state index in [4.69, 9.17) is 4.74 Å². The van der Waals surface area contributed by atoms with Gasteiger partial charge in [0.1, 0.15) is 0 Å². The Morgan fingerprint density at radius 2 is 1.78 bits per heavy atom. The lowest BCUT2D eigenvalue weighted by atomic mass is 9.98. The Labute approximate surface area is 111 Å². The molecule has 104 valence electrons. The van der Waals surface area contributed by atoms with Crippen LogP contribution in [0, 0.1) is 0 Å². The summed E-state index contributed by atoms with van der Waals surface area (Å²) in [7, 11) is 0. The summed E-state index contributed by atoms with van der Waals surface area (Å²) in [5, 5.41) is 3.51. The molecule has 3 fully saturated rings. The normalized spacial score (nSPS) is 40.7. The van der Waals surface area contributed by atoms with Crippen LogP contribution in [0.3, 0.4) is 0 Å². The van der Waals surface area contributed by atoms with Crippen molar-refractivity contribution in [3.8, 4) is 0 Å². The Hall–Kier alpha value is -0.120. The van der Waals surface area contributed by atoms with Crippen LogP contribution in [-0.2, 0) is 4.74 Å². The van der Waals surface area contributed by atoms with Crippen LogP contribution in [0.5, 0.6) is 0 Å². The predicted molar refractivity (Wildman–Crippen MR) is 73.8 cm³/mol. The molecule has 1 spiro atoms. The molecular weight excluding hydrogens is 224 g/mol. The molecule has 2 heterocycles. The van der Waals surface area contributed by atoms with E-state index in [9.17, 15) is 0 Å². The molecule has 2 saturated heterocycles. The molecular formula is C15H28N2O. The first-order valence-corrected chi connectivity index (χ1v) is 7.83. The lowest BCUT2D eigenvalue weighted by Gasteiger charge is -2.41. The van der Waals surface area contributed by atoms with E-state index in [-0.39, 0.29) is 0 Å². The second-order valence-electron chi connectivity index (χ2n) is 6.72. The van der Waals surface area contributed by atoms with Gasteiger partial charge in [0.05, 0.1) is 11.7 Å². The van der Waals surface area contributed by atoms with E-state index in [2.05, 4.69) is 24.1 Å². The molecule has 3 rings (SSSR count). The van der Waals surface area contributed by atoms with Crippen molar-refractivity contribution in [1.29, 1.82) is 0 Å². The van der Waals surface area contributed by atoms with Crippen LogP contribution in [0.2, 0.25) is 0 Å². The van der Waals surface area contributed by atoms with Crippen LogP contribution in [0.4, 0.5) is 0 Å². The number of piperazine rings is 1. The van der Waals surface area contributed by atoms with E-state index in [0.717, 1.165) is 19.6 Å². The lowest BCUT2D eigenvalue weighted by Crippen LogP contribution is -2.56. The van der Waals surface area contributed by atoms with Gasteiger partial charge < -0.3 is 10.1 Å². The minimum absolute atomic E-state index is 0.297. The first-order chi connectivity index (χ1) is 8.69. The monoisotopic (exact) mass is 252 g/mol. The quantitative estimate of drug-likeness (QED) is 0.815. The Bertz CT molecular complexity index is 278. The van der Waals surface area contributed by atoms with Crippen molar-refractivity contribution < 1.29 is 4.74 Å². The zero-order valence-corrected chi connectivity index (χ0v) is 12.0. The fraction of sp³-hybridized carbons (Fsp3) is 1.00. The Kier molecular flexibility index (Phi) is 3.65. The van der Waals surface area contributed by atoms with Crippen LogP contribution >= 0.6 is 0 Å². The van der Waals surface area contributed by atoms with Gasteiger partial charge in [-0.2, -0.15) is 0 Å². The minimum Gasteiger partial charge on any atom is -0.370 e. The van der Waals surface area contributed by atoms with E-state index in [1.807, 2.05) is 0 Å². The summed E-state index contributed by atoms with van der Waals surface area (Å²) < 4.78 is 6.45. The van der Waals surface area contributed by atoms with Gasteiger partial charge in [-0.25, -0.2) is 0 Å². The average Bonchev–Trinajstić information content (AvgIpc) is 2.96. The Morgan fingerprint density at radius 1 is 1.11 bits per heavy atom. The van der Waals surface area contributed by atoms with Crippen molar-refractivity contribution in [3.05, 3.63) is 0 Å². The maximum absolute atomic E-state index is 6.45. The molecule has 0 aromatic rings. The van der Waals surface area contributed by atoms with Crippen molar-refractivity contribution >= 4 is 0 Å². The van der Waals surface area contributed by atoms with Crippen LogP contribution in [0.15, 0.2) is 0 Å². The zero-order valence-electron chi connectivity index (χ0n) is 12.0. The second kappa shape index (κ2) is 5.10. The van der Waals surface area contributed by atoms with Gasteiger partial charge in [-0.15, -0.1) is 0 Å². The number of hydrogen-bond donors (Lipinski definition) is 1. The summed E-state index contributed by atoms with van der Waals surface area (Å²) >= 11 is 0. The third-order valence-corrected chi connectivity index (χ3v) is 5.28. The topological polar surface area (TPSA) is 24.5 Å². The number of ether oxygens (including phenoxy) is 1. The fourth-order valence-electron chi connectivity index (χ4n) is 4.18. The van der Waals surface area contributed by atoms with Crippen molar-refractivity contribution in [1.82, 2.24) is 10.2 Å². The summed E-state index contributed by atoms with van der Waals surface area (Å²) in [4.78, 5) is 2.65. The van der Waals surface area contributed by atoms with E-state index in [1.54, 1.807) is 0 Å². The highest BCUT2D eigenvalue weighted by Gasteiger charge is 2.43. The van der Waals surface area contributed by atoms with Crippen molar-refractivity contribution in [2.75, 3.05) is 19.6 Å². The molecule has 3 atom stereocenters. The highest BCUT2D eigenvalue weighted by Crippen LogP contribution is 2.43. The Morgan fingerprint density at radius 3 is 2.44 bits per heavy atom. The zero-order chi connectivity index (χ0) is 12.6. The van der Waals surface area contributed by atoms with Gasteiger partial charge in [-0.1, -0.05) is 12.8 Å². The van der Waals surface area contributed by atoms with Gasteiger partial charge in [-0.05, 0) is 39.5 Å². The maximum atomic E-state index is 6.45. The molecule has 0 amide bonds. The van der Waals surface area contributed by atoms with Gasteiger partial charge in [0.25, 0.3) is 0 Å².